The van der Waals surface area contributed by atoms with Crippen molar-refractivity contribution in [1.82, 2.24) is 9.97 Å². The highest BCUT2D eigenvalue weighted by Gasteiger charge is 2.27. The SMILES string of the molecule is O=[N+]([O-])c1ccccc1NCCNc1cc(Cl)nc(C2CC2)n1. The highest BCUT2D eigenvalue weighted by atomic mass is 35.5. The lowest BCUT2D eigenvalue weighted by Gasteiger charge is -2.09. The summed E-state index contributed by atoms with van der Waals surface area (Å²) < 4.78 is 0. The monoisotopic (exact) mass is 333 g/mol. The third-order valence-electron chi connectivity index (χ3n) is 3.50. The Kier molecular flexibility index (Phi) is 4.57. The maximum Gasteiger partial charge on any atom is 0.292 e. The second-order valence-electron chi connectivity index (χ2n) is 5.34. The van der Waals surface area contributed by atoms with Gasteiger partial charge < -0.3 is 10.6 Å². The molecule has 0 saturated heterocycles. The van der Waals surface area contributed by atoms with Crippen molar-refractivity contribution in [1.29, 1.82) is 0 Å². The molecule has 0 unspecified atom stereocenters. The van der Waals surface area contributed by atoms with Crippen LogP contribution in [0.5, 0.6) is 0 Å². The number of hydrogen-bond donors (Lipinski definition) is 2. The first-order valence-corrected chi connectivity index (χ1v) is 7.77. The number of nitrogens with one attached hydrogen (secondary N) is 2. The lowest BCUT2D eigenvalue weighted by atomic mass is 10.2. The fourth-order valence-corrected chi connectivity index (χ4v) is 2.41. The zero-order valence-electron chi connectivity index (χ0n) is 12.3. The van der Waals surface area contributed by atoms with E-state index >= 15 is 0 Å². The average molecular weight is 334 g/mol. The van der Waals surface area contributed by atoms with Crippen LogP contribution in [-0.2, 0) is 0 Å². The van der Waals surface area contributed by atoms with Crippen molar-refractivity contribution in [2.75, 3.05) is 23.7 Å². The summed E-state index contributed by atoms with van der Waals surface area (Å²) in [6, 6.07) is 8.24. The molecule has 120 valence electrons. The first kappa shape index (κ1) is 15.5. The van der Waals surface area contributed by atoms with Crippen molar-refractivity contribution < 1.29 is 4.92 Å². The normalized spacial score (nSPS) is 13.6. The molecule has 23 heavy (non-hydrogen) atoms. The molecule has 0 radical (unpaired) electrons. The molecule has 1 saturated carbocycles. The quantitative estimate of drug-likeness (QED) is 0.349. The van der Waals surface area contributed by atoms with Gasteiger partial charge in [-0.15, -0.1) is 0 Å². The van der Waals surface area contributed by atoms with E-state index in [2.05, 4.69) is 20.6 Å². The summed E-state index contributed by atoms with van der Waals surface area (Å²) in [5.74, 6) is 1.89. The third-order valence-corrected chi connectivity index (χ3v) is 3.70. The van der Waals surface area contributed by atoms with Crippen LogP contribution in [0.15, 0.2) is 30.3 Å². The van der Waals surface area contributed by atoms with E-state index in [4.69, 9.17) is 11.6 Å². The van der Waals surface area contributed by atoms with E-state index < -0.39 is 4.92 Å². The van der Waals surface area contributed by atoms with Gasteiger partial charge in [-0.05, 0) is 18.9 Å². The largest absolute Gasteiger partial charge is 0.378 e. The molecule has 0 spiro atoms. The fourth-order valence-electron chi connectivity index (χ4n) is 2.22. The van der Waals surface area contributed by atoms with Crippen molar-refractivity contribution in [2.24, 2.45) is 0 Å². The summed E-state index contributed by atoms with van der Waals surface area (Å²) in [5.41, 5.74) is 0.562. The molecule has 8 heteroatoms. The lowest BCUT2D eigenvalue weighted by molar-refractivity contribution is -0.384. The summed E-state index contributed by atoms with van der Waals surface area (Å²) in [6.07, 6.45) is 2.22. The molecule has 7 nitrogen and oxygen atoms in total. The highest BCUT2D eigenvalue weighted by molar-refractivity contribution is 6.29. The average Bonchev–Trinajstić information content (AvgIpc) is 3.36. The molecule has 0 aliphatic heterocycles. The Morgan fingerprint density at radius 1 is 1.22 bits per heavy atom. The van der Waals surface area contributed by atoms with E-state index in [1.807, 2.05) is 0 Å². The molecule has 1 aliphatic carbocycles. The van der Waals surface area contributed by atoms with Gasteiger partial charge in [0.25, 0.3) is 5.69 Å². The third kappa shape index (κ3) is 4.07. The van der Waals surface area contributed by atoms with Crippen molar-refractivity contribution in [2.45, 2.75) is 18.8 Å². The van der Waals surface area contributed by atoms with E-state index in [-0.39, 0.29) is 5.69 Å². The molecule has 1 heterocycles. The number of anilines is 2. The van der Waals surface area contributed by atoms with Gasteiger partial charge in [-0.2, -0.15) is 0 Å². The maximum atomic E-state index is 10.9. The number of hydrogen-bond acceptors (Lipinski definition) is 6. The predicted octanol–water partition coefficient (Wildman–Crippen LogP) is 3.44. The molecule has 1 fully saturated rings. The molecule has 1 aliphatic rings. The molecule has 2 N–H and O–H groups in total. The zero-order chi connectivity index (χ0) is 16.2. The van der Waals surface area contributed by atoms with Gasteiger partial charge in [0.15, 0.2) is 0 Å². The number of nitro benzene ring substituents is 1. The summed E-state index contributed by atoms with van der Waals surface area (Å²) >= 11 is 6.00. The van der Waals surface area contributed by atoms with Gasteiger partial charge in [0.1, 0.15) is 22.5 Å². The molecular weight excluding hydrogens is 318 g/mol. The molecular formula is C15H16ClN5O2. The van der Waals surface area contributed by atoms with Crippen LogP contribution in [0.4, 0.5) is 17.2 Å². The minimum Gasteiger partial charge on any atom is -0.378 e. The molecule has 0 bridgehead atoms. The Labute approximate surface area is 138 Å². The van der Waals surface area contributed by atoms with Gasteiger partial charge in [0.2, 0.25) is 0 Å². The first-order valence-electron chi connectivity index (χ1n) is 7.39. The molecule has 0 amide bonds. The summed E-state index contributed by atoms with van der Waals surface area (Å²) in [5, 5.41) is 17.6. The van der Waals surface area contributed by atoms with Crippen LogP contribution in [0.25, 0.3) is 0 Å². The van der Waals surface area contributed by atoms with Crippen molar-refractivity contribution in [3.8, 4) is 0 Å². The van der Waals surface area contributed by atoms with E-state index in [0.717, 1.165) is 18.7 Å². The molecule has 1 aromatic carbocycles. The van der Waals surface area contributed by atoms with Gasteiger partial charge in [0, 0.05) is 31.1 Å². The number of para-hydroxylation sites is 2. The maximum absolute atomic E-state index is 10.9. The summed E-state index contributed by atoms with van der Waals surface area (Å²) in [7, 11) is 0. The van der Waals surface area contributed by atoms with E-state index in [1.165, 1.54) is 6.07 Å². The van der Waals surface area contributed by atoms with Crippen LogP contribution in [0.3, 0.4) is 0 Å². The Morgan fingerprint density at radius 2 is 1.96 bits per heavy atom. The Balaban J connectivity index is 1.55. The second-order valence-corrected chi connectivity index (χ2v) is 5.72. The minimum atomic E-state index is -0.401. The van der Waals surface area contributed by atoms with Crippen molar-refractivity contribution in [3.63, 3.8) is 0 Å². The van der Waals surface area contributed by atoms with E-state index in [9.17, 15) is 10.1 Å². The molecule has 1 aromatic heterocycles. The van der Waals surface area contributed by atoms with E-state index in [0.29, 0.717) is 35.7 Å². The number of nitrogens with zero attached hydrogens (tertiary/aromatic N) is 3. The first-order chi connectivity index (χ1) is 11.1. The van der Waals surface area contributed by atoms with Gasteiger partial charge >= 0.3 is 0 Å². The Bertz CT molecular complexity index is 721. The fraction of sp³-hybridized carbons (Fsp3) is 0.333. The van der Waals surface area contributed by atoms with Crippen molar-refractivity contribution >= 4 is 28.8 Å². The standard InChI is InChI=1S/C15H16ClN5O2/c16-13-9-14(20-15(19-13)10-5-6-10)18-8-7-17-11-3-1-2-4-12(11)21(22)23/h1-4,9-10,17H,5-8H2,(H,18,19,20). The smallest absolute Gasteiger partial charge is 0.292 e. The molecule has 2 aromatic rings. The molecule has 3 rings (SSSR count). The van der Waals surface area contributed by atoms with Crippen LogP contribution in [0, 0.1) is 10.1 Å². The van der Waals surface area contributed by atoms with Crippen molar-refractivity contribution in [3.05, 3.63) is 51.4 Å². The highest BCUT2D eigenvalue weighted by Crippen LogP contribution is 2.38. The predicted molar refractivity (Wildman–Crippen MR) is 89.1 cm³/mol. The topological polar surface area (TPSA) is 93.0 Å². The van der Waals surface area contributed by atoms with Crippen LogP contribution in [-0.4, -0.2) is 28.0 Å². The van der Waals surface area contributed by atoms with E-state index in [1.54, 1.807) is 24.3 Å². The second kappa shape index (κ2) is 6.78. The number of benzene rings is 1. The van der Waals surface area contributed by atoms with Gasteiger partial charge in [-0.25, -0.2) is 9.97 Å². The van der Waals surface area contributed by atoms with Crippen LogP contribution < -0.4 is 10.6 Å². The minimum absolute atomic E-state index is 0.0635. The Morgan fingerprint density at radius 3 is 2.70 bits per heavy atom. The zero-order valence-corrected chi connectivity index (χ0v) is 13.1. The number of aromatic nitrogens is 2. The number of halogens is 1. The Hall–Kier alpha value is -2.41. The van der Waals surface area contributed by atoms with Gasteiger partial charge in [-0.1, -0.05) is 23.7 Å². The molecule has 0 atom stereocenters. The lowest BCUT2D eigenvalue weighted by Crippen LogP contribution is -2.15. The number of rotatable bonds is 7. The van der Waals surface area contributed by atoms with Crippen LogP contribution >= 0.6 is 11.6 Å². The van der Waals surface area contributed by atoms with Gasteiger partial charge in [-0.3, -0.25) is 10.1 Å². The van der Waals surface area contributed by atoms with Crippen LogP contribution in [0.1, 0.15) is 24.6 Å². The summed E-state index contributed by atoms with van der Waals surface area (Å²) in [6.45, 7) is 1.08. The van der Waals surface area contributed by atoms with Crippen LogP contribution in [0.2, 0.25) is 5.15 Å². The van der Waals surface area contributed by atoms with Gasteiger partial charge in [0.05, 0.1) is 4.92 Å². The summed E-state index contributed by atoms with van der Waals surface area (Å²) in [4.78, 5) is 19.2. The number of nitro groups is 1.